The predicted molar refractivity (Wildman–Crippen MR) is 99.5 cm³/mol. The van der Waals surface area contributed by atoms with Gasteiger partial charge >= 0.3 is 0 Å². The van der Waals surface area contributed by atoms with Gasteiger partial charge in [-0.25, -0.2) is 0 Å². The van der Waals surface area contributed by atoms with E-state index in [0.717, 1.165) is 11.8 Å². The van der Waals surface area contributed by atoms with E-state index in [-0.39, 0.29) is 0 Å². The van der Waals surface area contributed by atoms with Crippen molar-refractivity contribution in [3.05, 3.63) is 0 Å². The fourth-order valence-corrected chi connectivity index (χ4v) is 10.0. The summed E-state index contributed by atoms with van der Waals surface area (Å²) in [7, 11) is 0. The Morgan fingerprint density at radius 3 is 1.21 bits per heavy atom. The second-order valence-corrected chi connectivity index (χ2v) is 11.0. The molecule has 0 N–H and O–H groups in total. The molecule has 6 aliphatic carbocycles. The number of fused-ring (bicyclic) bond motifs is 7. The maximum atomic E-state index is 1.68. The van der Waals surface area contributed by atoms with Crippen molar-refractivity contribution in [3.8, 4) is 0 Å². The Hall–Kier alpha value is 0. The van der Waals surface area contributed by atoms with Crippen LogP contribution in [-0.4, -0.2) is 0 Å². The van der Waals surface area contributed by atoms with Crippen LogP contribution in [0.3, 0.4) is 0 Å². The van der Waals surface area contributed by atoms with E-state index in [1.165, 1.54) is 47.3 Å². The fraction of sp³-hybridized carbons (Fsp3) is 1.00. The second kappa shape index (κ2) is 5.75. The van der Waals surface area contributed by atoms with Gasteiger partial charge in [0.05, 0.1) is 0 Å². The van der Waals surface area contributed by atoms with Gasteiger partial charge in [0.25, 0.3) is 0 Å². The zero-order valence-corrected chi connectivity index (χ0v) is 15.7. The van der Waals surface area contributed by atoms with Crippen molar-refractivity contribution in [1.82, 2.24) is 0 Å². The van der Waals surface area contributed by atoms with Gasteiger partial charge < -0.3 is 0 Å². The van der Waals surface area contributed by atoms with Gasteiger partial charge in [0.1, 0.15) is 0 Å². The summed E-state index contributed by atoms with van der Waals surface area (Å²) in [6, 6.07) is 0. The van der Waals surface area contributed by atoms with Gasteiger partial charge in [-0.05, 0) is 97.7 Å². The Bertz CT molecular complexity index is 438. The van der Waals surface area contributed by atoms with Crippen LogP contribution < -0.4 is 0 Å². The second-order valence-electron chi connectivity index (χ2n) is 11.0. The van der Waals surface area contributed by atoms with Crippen LogP contribution >= 0.6 is 0 Å². The van der Waals surface area contributed by atoms with Crippen molar-refractivity contribution in [1.29, 1.82) is 0 Å². The molecule has 6 aliphatic rings. The first-order chi connectivity index (χ1) is 11.9. The SMILES string of the molecule is C1CCC2C(C1)CC1C3CCCCC3C3CC4CCCCC4C2C13. The summed E-state index contributed by atoms with van der Waals surface area (Å²) >= 11 is 0. The van der Waals surface area contributed by atoms with Crippen LogP contribution in [-0.2, 0) is 0 Å². The molecular weight excluding hydrogens is 288 g/mol. The van der Waals surface area contributed by atoms with Crippen LogP contribution in [0.25, 0.3) is 0 Å². The van der Waals surface area contributed by atoms with Crippen LogP contribution in [0, 0.1) is 59.2 Å². The molecule has 8 atom stereocenters. The first kappa shape index (κ1) is 15.1. The molecule has 0 nitrogen and oxygen atoms in total. The molecule has 0 aromatic heterocycles. The van der Waals surface area contributed by atoms with Gasteiger partial charge in [0.2, 0.25) is 0 Å². The van der Waals surface area contributed by atoms with E-state index in [1.54, 1.807) is 89.9 Å². The standard InChI is InChI=1S/C24H38/c1-3-9-17-15(7-1)13-21-19-11-5-6-12-20(19)22-14-16-8-2-4-10-18(16)23(17)24(21)22/h15-24H,1-14H2. The molecule has 0 radical (unpaired) electrons. The highest BCUT2D eigenvalue weighted by Gasteiger charge is 2.62. The average molecular weight is 327 g/mol. The third-order valence-electron chi connectivity index (χ3n) is 10.5. The normalized spacial score (nSPS) is 59.0. The zero-order chi connectivity index (χ0) is 15.7. The van der Waals surface area contributed by atoms with Crippen LogP contribution in [0.2, 0.25) is 0 Å². The maximum Gasteiger partial charge on any atom is -0.0318 e. The monoisotopic (exact) mass is 326 g/mol. The number of hydrogen-bond donors (Lipinski definition) is 0. The molecule has 0 aromatic rings. The van der Waals surface area contributed by atoms with Crippen molar-refractivity contribution in [2.24, 2.45) is 59.2 Å². The molecule has 0 aromatic carbocycles. The van der Waals surface area contributed by atoms with E-state index in [2.05, 4.69) is 0 Å². The highest BCUT2D eigenvalue weighted by atomic mass is 14.7. The first-order valence-electron chi connectivity index (χ1n) is 11.9. The van der Waals surface area contributed by atoms with Crippen LogP contribution in [0.4, 0.5) is 0 Å². The summed E-state index contributed by atoms with van der Waals surface area (Å²) in [4.78, 5) is 0. The molecule has 0 aliphatic heterocycles. The molecule has 134 valence electrons. The largest absolute Gasteiger partial charge is 0.0530 e. The topological polar surface area (TPSA) is 0 Å². The van der Waals surface area contributed by atoms with Gasteiger partial charge in [-0.3, -0.25) is 0 Å². The molecule has 0 heteroatoms. The van der Waals surface area contributed by atoms with Crippen molar-refractivity contribution in [2.75, 3.05) is 0 Å². The third-order valence-corrected chi connectivity index (χ3v) is 10.5. The summed E-state index contributed by atoms with van der Waals surface area (Å²) in [5, 5.41) is 0. The van der Waals surface area contributed by atoms with E-state index in [0.29, 0.717) is 0 Å². The Morgan fingerprint density at radius 2 is 0.708 bits per heavy atom. The number of rotatable bonds is 0. The predicted octanol–water partition coefficient (Wildman–Crippen LogP) is 6.69. The molecule has 0 heterocycles. The highest BCUT2D eigenvalue weighted by molar-refractivity contribution is 5.10. The van der Waals surface area contributed by atoms with Crippen molar-refractivity contribution in [2.45, 2.75) is 89.9 Å². The van der Waals surface area contributed by atoms with Gasteiger partial charge in [-0.1, -0.05) is 51.4 Å². The average Bonchev–Trinajstić information content (AvgIpc) is 2.96. The van der Waals surface area contributed by atoms with Crippen molar-refractivity contribution >= 4 is 0 Å². The van der Waals surface area contributed by atoms with Gasteiger partial charge in [0.15, 0.2) is 0 Å². The van der Waals surface area contributed by atoms with Crippen molar-refractivity contribution in [3.63, 3.8) is 0 Å². The Kier molecular flexibility index (Phi) is 3.62. The molecule has 8 unspecified atom stereocenters. The lowest BCUT2D eigenvalue weighted by atomic mass is 9.47. The van der Waals surface area contributed by atoms with Crippen LogP contribution in [0.1, 0.15) is 89.9 Å². The third kappa shape index (κ3) is 2.04. The summed E-state index contributed by atoms with van der Waals surface area (Å²) < 4.78 is 0. The van der Waals surface area contributed by atoms with Gasteiger partial charge in [0, 0.05) is 0 Å². The summed E-state index contributed by atoms with van der Waals surface area (Å²) in [6.07, 6.45) is 22.5. The fourth-order valence-electron chi connectivity index (χ4n) is 10.0. The Labute approximate surface area is 149 Å². The smallest absolute Gasteiger partial charge is 0.0318 e. The molecular formula is C24H38. The van der Waals surface area contributed by atoms with Crippen LogP contribution in [0.15, 0.2) is 0 Å². The Morgan fingerprint density at radius 1 is 0.333 bits per heavy atom. The quantitative estimate of drug-likeness (QED) is 0.465. The maximum absolute atomic E-state index is 1.68. The minimum absolute atomic E-state index is 1.16. The molecule has 6 fully saturated rings. The highest BCUT2D eigenvalue weighted by Crippen LogP contribution is 2.69. The summed E-state index contributed by atoms with van der Waals surface area (Å²) in [6.45, 7) is 0. The molecule has 0 spiro atoms. The van der Waals surface area contributed by atoms with Gasteiger partial charge in [-0.15, -0.1) is 0 Å². The molecule has 6 rings (SSSR count). The lowest BCUT2D eigenvalue weighted by Gasteiger charge is -2.58. The van der Waals surface area contributed by atoms with E-state index in [4.69, 9.17) is 0 Å². The minimum Gasteiger partial charge on any atom is -0.0530 e. The molecule has 24 heavy (non-hydrogen) atoms. The summed E-state index contributed by atoms with van der Waals surface area (Å²) in [5.74, 6) is 11.8. The van der Waals surface area contributed by atoms with E-state index < -0.39 is 0 Å². The van der Waals surface area contributed by atoms with E-state index in [9.17, 15) is 0 Å². The van der Waals surface area contributed by atoms with E-state index in [1.807, 2.05) is 0 Å². The zero-order valence-electron chi connectivity index (χ0n) is 15.7. The molecule has 0 bridgehead atoms. The lowest BCUT2D eigenvalue weighted by molar-refractivity contribution is -0.0915. The molecule has 0 saturated heterocycles. The lowest BCUT2D eigenvalue weighted by Crippen LogP contribution is -2.51. The van der Waals surface area contributed by atoms with E-state index >= 15 is 0 Å². The van der Waals surface area contributed by atoms with Gasteiger partial charge in [-0.2, -0.15) is 0 Å². The number of hydrogen-bond acceptors (Lipinski definition) is 0. The first-order valence-corrected chi connectivity index (χ1v) is 11.9. The summed E-state index contributed by atoms with van der Waals surface area (Å²) in [5.41, 5.74) is 0. The van der Waals surface area contributed by atoms with Crippen molar-refractivity contribution < 1.29 is 0 Å². The van der Waals surface area contributed by atoms with Crippen LogP contribution in [0.5, 0.6) is 0 Å². The Balaban J connectivity index is 1.41. The molecule has 0 amide bonds. The minimum atomic E-state index is 1.16. The molecule has 6 saturated carbocycles.